The second kappa shape index (κ2) is 12.2. The van der Waals surface area contributed by atoms with E-state index in [0.717, 1.165) is 16.5 Å². The zero-order valence-corrected chi connectivity index (χ0v) is 22.0. The molecule has 10 heteroatoms. The average Bonchev–Trinajstić information content (AvgIpc) is 3.49. The number of nitrogens with zero attached hydrogens (tertiary/aromatic N) is 1. The van der Waals surface area contributed by atoms with Crippen molar-refractivity contribution in [1.29, 1.82) is 0 Å². The molecule has 2 aromatic rings. The van der Waals surface area contributed by atoms with E-state index in [2.05, 4.69) is 15.6 Å². The van der Waals surface area contributed by atoms with Gasteiger partial charge in [0.15, 0.2) is 0 Å². The third-order valence-electron chi connectivity index (χ3n) is 6.90. The van der Waals surface area contributed by atoms with Gasteiger partial charge in [-0.15, -0.1) is 0 Å². The Morgan fingerprint density at radius 2 is 1.76 bits per heavy atom. The highest BCUT2D eigenvalue weighted by Crippen LogP contribution is 2.22. The number of rotatable bonds is 11. The molecular formula is C27H39N5O5. The Balaban J connectivity index is 1.86. The summed E-state index contributed by atoms with van der Waals surface area (Å²) in [5.41, 5.74) is 7.79. The fourth-order valence-electron chi connectivity index (χ4n) is 4.75. The van der Waals surface area contributed by atoms with Crippen LogP contribution >= 0.6 is 0 Å². The van der Waals surface area contributed by atoms with Gasteiger partial charge >= 0.3 is 5.97 Å². The Morgan fingerprint density at radius 1 is 1.08 bits per heavy atom. The number of aliphatic carboxylic acids is 1. The van der Waals surface area contributed by atoms with E-state index in [1.54, 1.807) is 6.20 Å². The van der Waals surface area contributed by atoms with Gasteiger partial charge in [-0.3, -0.25) is 14.4 Å². The van der Waals surface area contributed by atoms with Crippen LogP contribution in [-0.4, -0.2) is 69.4 Å². The molecule has 2 heterocycles. The molecule has 0 aliphatic carbocycles. The Bertz CT molecular complexity index is 1130. The van der Waals surface area contributed by atoms with Gasteiger partial charge in [-0.05, 0) is 42.7 Å². The zero-order valence-electron chi connectivity index (χ0n) is 22.0. The fraction of sp³-hybridized carbons (Fsp3) is 0.556. The van der Waals surface area contributed by atoms with Gasteiger partial charge in [0.2, 0.25) is 17.7 Å². The third-order valence-corrected chi connectivity index (χ3v) is 6.90. The van der Waals surface area contributed by atoms with Crippen molar-refractivity contribution in [3.8, 4) is 0 Å². The second-order valence-corrected chi connectivity index (χ2v) is 10.6. The van der Waals surface area contributed by atoms with E-state index in [4.69, 9.17) is 5.73 Å². The highest BCUT2D eigenvalue weighted by Gasteiger charge is 2.38. The summed E-state index contributed by atoms with van der Waals surface area (Å²) < 4.78 is 0. The van der Waals surface area contributed by atoms with Crippen molar-refractivity contribution in [2.24, 2.45) is 17.6 Å². The number of nitrogens with one attached hydrogen (secondary N) is 3. The number of nitrogens with two attached hydrogens (primary N) is 1. The molecular weight excluding hydrogens is 474 g/mol. The maximum absolute atomic E-state index is 13.6. The first-order chi connectivity index (χ1) is 17.5. The van der Waals surface area contributed by atoms with Crippen LogP contribution in [0, 0.1) is 11.8 Å². The minimum atomic E-state index is -1.05. The van der Waals surface area contributed by atoms with E-state index in [9.17, 15) is 24.3 Å². The number of aromatic nitrogens is 1. The van der Waals surface area contributed by atoms with Crippen LogP contribution in [0.4, 0.5) is 0 Å². The SMILES string of the molecule is CC(C)CC(NC(=O)C(Cc1c[nH]c2ccccc12)NC(=O)C(N)C(C)C)C(=O)N1CCCC1C(=O)O. The molecule has 4 atom stereocenters. The third kappa shape index (κ3) is 6.88. The normalized spacial score (nSPS) is 18.1. The van der Waals surface area contributed by atoms with Gasteiger partial charge in [-0.2, -0.15) is 0 Å². The maximum Gasteiger partial charge on any atom is 0.326 e. The van der Waals surface area contributed by atoms with Gasteiger partial charge in [0, 0.05) is 30.1 Å². The number of para-hydroxylation sites is 1. The molecule has 1 saturated heterocycles. The first-order valence-electron chi connectivity index (χ1n) is 12.9. The molecule has 0 spiro atoms. The standard InChI is InChI=1S/C27H39N5O5/c1-15(2)12-21(26(35)32-11-7-10-22(32)27(36)37)31-24(33)20(30-25(34)23(28)16(3)4)13-17-14-29-19-9-6-5-8-18(17)19/h5-6,8-9,14-16,20-23,29H,7,10-13,28H2,1-4H3,(H,30,34)(H,31,33)(H,36,37). The van der Waals surface area contributed by atoms with Crippen LogP contribution in [0.5, 0.6) is 0 Å². The number of carboxylic acids is 1. The van der Waals surface area contributed by atoms with Gasteiger partial charge in [-0.1, -0.05) is 45.9 Å². The summed E-state index contributed by atoms with van der Waals surface area (Å²) in [4.78, 5) is 56.0. The van der Waals surface area contributed by atoms with Gasteiger partial charge in [-0.25, -0.2) is 4.79 Å². The van der Waals surface area contributed by atoms with Gasteiger partial charge in [0.25, 0.3) is 0 Å². The van der Waals surface area contributed by atoms with E-state index in [1.165, 1.54) is 4.90 Å². The molecule has 1 aliphatic heterocycles. The van der Waals surface area contributed by atoms with Crippen molar-refractivity contribution >= 4 is 34.6 Å². The molecule has 37 heavy (non-hydrogen) atoms. The number of benzene rings is 1. The van der Waals surface area contributed by atoms with Gasteiger partial charge in [0.1, 0.15) is 18.1 Å². The second-order valence-electron chi connectivity index (χ2n) is 10.6. The molecule has 202 valence electrons. The predicted octanol–water partition coefficient (Wildman–Crippen LogP) is 1.79. The Morgan fingerprint density at radius 3 is 2.41 bits per heavy atom. The summed E-state index contributed by atoms with van der Waals surface area (Å²) in [6, 6.07) is 4.07. The van der Waals surface area contributed by atoms with Crippen LogP contribution < -0.4 is 16.4 Å². The van der Waals surface area contributed by atoms with Crippen molar-refractivity contribution in [2.45, 2.75) is 77.5 Å². The number of carbonyl (C=O) groups excluding carboxylic acids is 3. The largest absolute Gasteiger partial charge is 0.480 e. The van der Waals surface area contributed by atoms with E-state index >= 15 is 0 Å². The van der Waals surface area contributed by atoms with Crippen LogP contribution in [-0.2, 0) is 25.6 Å². The molecule has 4 unspecified atom stereocenters. The first kappa shape index (κ1) is 28.2. The number of hydrogen-bond acceptors (Lipinski definition) is 5. The lowest BCUT2D eigenvalue weighted by molar-refractivity contribution is -0.149. The van der Waals surface area contributed by atoms with Crippen molar-refractivity contribution in [3.63, 3.8) is 0 Å². The molecule has 0 bridgehead atoms. The molecule has 1 aromatic heterocycles. The molecule has 1 fully saturated rings. The van der Waals surface area contributed by atoms with Crippen LogP contribution in [0.2, 0.25) is 0 Å². The summed E-state index contributed by atoms with van der Waals surface area (Å²) in [7, 11) is 0. The number of carbonyl (C=O) groups is 4. The predicted molar refractivity (Wildman–Crippen MR) is 141 cm³/mol. The minimum absolute atomic E-state index is 0.0659. The number of aromatic amines is 1. The number of amides is 3. The highest BCUT2D eigenvalue weighted by molar-refractivity contribution is 5.95. The fourth-order valence-corrected chi connectivity index (χ4v) is 4.75. The van der Waals surface area contributed by atoms with Crippen LogP contribution in [0.25, 0.3) is 10.9 Å². The molecule has 6 N–H and O–H groups in total. The summed E-state index contributed by atoms with van der Waals surface area (Å²) in [6.45, 7) is 7.84. The minimum Gasteiger partial charge on any atom is -0.480 e. The van der Waals surface area contributed by atoms with E-state index < -0.39 is 47.9 Å². The van der Waals surface area contributed by atoms with Gasteiger partial charge < -0.3 is 31.4 Å². The smallest absolute Gasteiger partial charge is 0.326 e. The number of H-pyrrole nitrogens is 1. The van der Waals surface area contributed by atoms with Crippen LogP contribution in [0.15, 0.2) is 30.5 Å². The van der Waals surface area contributed by atoms with Crippen molar-refractivity contribution < 1.29 is 24.3 Å². The van der Waals surface area contributed by atoms with E-state index in [0.29, 0.717) is 25.8 Å². The molecule has 0 radical (unpaired) electrons. The summed E-state index contributed by atoms with van der Waals surface area (Å²) >= 11 is 0. The number of likely N-dealkylation sites (tertiary alicyclic amines) is 1. The topological polar surface area (TPSA) is 158 Å². The van der Waals surface area contributed by atoms with Crippen molar-refractivity contribution in [1.82, 2.24) is 20.5 Å². The van der Waals surface area contributed by atoms with Crippen molar-refractivity contribution in [2.75, 3.05) is 6.54 Å². The molecule has 10 nitrogen and oxygen atoms in total. The lowest BCUT2D eigenvalue weighted by Gasteiger charge is -2.30. The van der Waals surface area contributed by atoms with Crippen molar-refractivity contribution in [3.05, 3.63) is 36.0 Å². The summed E-state index contributed by atoms with van der Waals surface area (Å²) in [5, 5.41) is 16.1. The number of fused-ring (bicyclic) bond motifs is 1. The monoisotopic (exact) mass is 513 g/mol. The maximum atomic E-state index is 13.6. The first-order valence-corrected chi connectivity index (χ1v) is 12.9. The lowest BCUT2D eigenvalue weighted by Crippen LogP contribution is -2.58. The highest BCUT2D eigenvalue weighted by atomic mass is 16.4. The molecule has 1 aliphatic rings. The zero-order chi connectivity index (χ0) is 27.3. The van der Waals surface area contributed by atoms with E-state index in [1.807, 2.05) is 52.0 Å². The molecule has 0 saturated carbocycles. The molecule has 1 aromatic carbocycles. The summed E-state index contributed by atoms with van der Waals surface area (Å²) in [5.74, 6) is -2.49. The molecule has 3 amide bonds. The number of hydrogen-bond donors (Lipinski definition) is 5. The van der Waals surface area contributed by atoms with Gasteiger partial charge in [0.05, 0.1) is 6.04 Å². The van der Waals surface area contributed by atoms with E-state index in [-0.39, 0.29) is 18.3 Å². The van der Waals surface area contributed by atoms with Crippen LogP contribution in [0.1, 0.15) is 52.5 Å². The number of carboxylic acid groups (broad SMARTS) is 1. The average molecular weight is 514 g/mol. The Labute approximate surface area is 217 Å². The summed E-state index contributed by atoms with van der Waals surface area (Å²) in [6.07, 6.45) is 3.31. The quantitative estimate of drug-likeness (QED) is 0.308. The Kier molecular flexibility index (Phi) is 9.31. The molecule has 3 rings (SSSR count). The lowest BCUT2D eigenvalue weighted by atomic mass is 9.99. The van der Waals surface area contributed by atoms with Crippen LogP contribution in [0.3, 0.4) is 0 Å². The Hall–Kier alpha value is -3.40.